The molecule has 1 aliphatic heterocycles. The molecule has 134 valence electrons. The Hall–Kier alpha value is -0.830. The summed E-state index contributed by atoms with van der Waals surface area (Å²) in [6.45, 7) is 5.16. The lowest BCUT2D eigenvalue weighted by Gasteiger charge is -2.18. The van der Waals surface area contributed by atoms with E-state index >= 15 is 0 Å². The van der Waals surface area contributed by atoms with Gasteiger partial charge in [-0.2, -0.15) is 0 Å². The van der Waals surface area contributed by atoms with Gasteiger partial charge in [-0.1, -0.05) is 64.0 Å². The van der Waals surface area contributed by atoms with Gasteiger partial charge in [0, 0.05) is 19.5 Å². The minimum Gasteiger partial charge on any atom is -0.395 e. The number of nitrogens with zero attached hydrogens (tertiary/aromatic N) is 2. The summed E-state index contributed by atoms with van der Waals surface area (Å²) in [5.41, 5.74) is 0. The number of aliphatic imine (C=N–C) groups is 1. The Labute approximate surface area is 143 Å². The van der Waals surface area contributed by atoms with Crippen molar-refractivity contribution in [3.05, 3.63) is 12.2 Å². The van der Waals surface area contributed by atoms with Crippen LogP contribution in [0.15, 0.2) is 17.1 Å². The largest absolute Gasteiger partial charge is 0.395 e. The molecule has 0 bridgehead atoms. The summed E-state index contributed by atoms with van der Waals surface area (Å²) >= 11 is 0. The van der Waals surface area contributed by atoms with E-state index in [0.29, 0.717) is 0 Å². The van der Waals surface area contributed by atoms with E-state index in [9.17, 15) is 0 Å². The summed E-state index contributed by atoms with van der Waals surface area (Å²) in [6.07, 6.45) is 20.4. The highest BCUT2D eigenvalue weighted by Gasteiger charge is 2.14. The predicted molar refractivity (Wildman–Crippen MR) is 101 cm³/mol. The molecule has 0 spiro atoms. The van der Waals surface area contributed by atoms with Gasteiger partial charge in [0.1, 0.15) is 0 Å². The van der Waals surface area contributed by atoms with Crippen molar-refractivity contribution in [3.63, 3.8) is 0 Å². The molecule has 0 saturated heterocycles. The van der Waals surface area contributed by atoms with Crippen molar-refractivity contribution >= 4 is 5.84 Å². The molecule has 0 amide bonds. The highest BCUT2D eigenvalue weighted by atomic mass is 16.3. The fourth-order valence-corrected chi connectivity index (χ4v) is 3.14. The second kappa shape index (κ2) is 14.7. The Morgan fingerprint density at radius 2 is 1.61 bits per heavy atom. The Morgan fingerprint density at radius 1 is 0.957 bits per heavy atom. The van der Waals surface area contributed by atoms with Crippen LogP contribution in [0.3, 0.4) is 0 Å². The van der Waals surface area contributed by atoms with E-state index in [1.165, 1.54) is 76.5 Å². The minimum absolute atomic E-state index is 0.243. The third-order valence-corrected chi connectivity index (χ3v) is 4.54. The van der Waals surface area contributed by atoms with Crippen molar-refractivity contribution in [2.45, 2.75) is 84.0 Å². The lowest BCUT2D eigenvalue weighted by atomic mass is 10.1. The van der Waals surface area contributed by atoms with E-state index < -0.39 is 0 Å². The molecule has 0 unspecified atom stereocenters. The van der Waals surface area contributed by atoms with Crippen LogP contribution in [0.5, 0.6) is 0 Å². The van der Waals surface area contributed by atoms with Gasteiger partial charge in [-0.25, -0.2) is 0 Å². The number of unbranched alkanes of at least 4 members (excludes halogenated alkanes) is 9. The van der Waals surface area contributed by atoms with Crippen molar-refractivity contribution in [1.82, 2.24) is 4.90 Å². The number of allylic oxidation sites excluding steroid dienone is 2. The molecule has 23 heavy (non-hydrogen) atoms. The van der Waals surface area contributed by atoms with Crippen LogP contribution in [0.4, 0.5) is 0 Å². The monoisotopic (exact) mass is 322 g/mol. The van der Waals surface area contributed by atoms with E-state index in [4.69, 9.17) is 5.11 Å². The molecule has 3 heteroatoms. The first-order chi connectivity index (χ1) is 11.4. The van der Waals surface area contributed by atoms with Crippen molar-refractivity contribution < 1.29 is 5.11 Å². The molecule has 1 N–H and O–H groups in total. The zero-order chi connectivity index (χ0) is 16.6. The summed E-state index contributed by atoms with van der Waals surface area (Å²) in [6, 6.07) is 0. The normalized spacial score (nSPS) is 14.9. The number of aliphatic hydroxyl groups is 1. The lowest BCUT2D eigenvalue weighted by molar-refractivity contribution is 0.255. The second-order valence-corrected chi connectivity index (χ2v) is 6.64. The number of hydrogen-bond acceptors (Lipinski definition) is 3. The van der Waals surface area contributed by atoms with Crippen LogP contribution >= 0.6 is 0 Å². The van der Waals surface area contributed by atoms with Crippen molar-refractivity contribution in [3.8, 4) is 0 Å². The third kappa shape index (κ3) is 10.5. The van der Waals surface area contributed by atoms with E-state index in [1.54, 1.807) is 0 Å². The van der Waals surface area contributed by atoms with E-state index in [2.05, 4.69) is 29.0 Å². The summed E-state index contributed by atoms with van der Waals surface area (Å²) in [5, 5.41) is 9.03. The van der Waals surface area contributed by atoms with E-state index in [-0.39, 0.29) is 6.61 Å². The molecular weight excluding hydrogens is 284 g/mol. The molecule has 0 saturated carbocycles. The van der Waals surface area contributed by atoms with Crippen LogP contribution in [-0.4, -0.2) is 42.1 Å². The smallest absolute Gasteiger partial charge is 0.0991 e. The van der Waals surface area contributed by atoms with Gasteiger partial charge in [-0.3, -0.25) is 4.99 Å². The number of hydrogen-bond donors (Lipinski definition) is 1. The molecule has 0 aromatic heterocycles. The lowest BCUT2D eigenvalue weighted by Crippen LogP contribution is -2.30. The van der Waals surface area contributed by atoms with E-state index in [0.717, 1.165) is 26.1 Å². The van der Waals surface area contributed by atoms with Gasteiger partial charge in [0.15, 0.2) is 0 Å². The maximum Gasteiger partial charge on any atom is 0.0991 e. The summed E-state index contributed by atoms with van der Waals surface area (Å²) in [5.74, 6) is 1.23. The van der Waals surface area contributed by atoms with Gasteiger partial charge in [0.2, 0.25) is 0 Å². The van der Waals surface area contributed by atoms with Gasteiger partial charge >= 0.3 is 0 Å². The van der Waals surface area contributed by atoms with Crippen molar-refractivity contribution in [1.29, 1.82) is 0 Å². The predicted octanol–water partition coefficient (Wildman–Crippen LogP) is 4.95. The SMILES string of the molecule is CCC/C=C/CCCCCCCCCCC1=NCCN1CCO. The van der Waals surface area contributed by atoms with Gasteiger partial charge in [0.25, 0.3) is 0 Å². The maximum atomic E-state index is 9.03. The molecule has 0 atom stereocenters. The zero-order valence-electron chi connectivity index (χ0n) is 15.3. The van der Waals surface area contributed by atoms with Crippen LogP contribution in [0, 0.1) is 0 Å². The van der Waals surface area contributed by atoms with Crippen molar-refractivity contribution in [2.75, 3.05) is 26.2 Å². The molecule has 1 heterocycles. The molecule has 0 aromatic rings. The number of amidine groups is 1. The fourth-order valence-electron chi connectivity index (χ4n) is 3.14. The van der Waals surface area contributed by atoms with Crippen LogP contribution in [0.1, 0.15) is 84.0 Å². The first kappa shape index (κ1) is 20.2. The van der Waals surface area contributed by atoms with Crippen LogP contribution < -0.4 is 0 Å². The number of aliphatic hydroxyl groups excluding tert-OH is 1. The van der Waals surface area contributed by atoms with E-state index in [1.807, 2.05) is 0 Å². The molecule has 1 rings (SSSR count). The van der Waals surface area contributed by atoms with Gasteiger partial charge in [-0.15, -0.1) is 0 Å². The van der Waals surface area contributed by atoms with Gasteiger partial charge in [-0.05, 0) is 25.7 Å². The summed E-state index contributed by atoms with van der Waals surface area (Å²) in [4.78, 5) is 6.80. The Morgan fingerprint density at radius 3 is 2.30 bits per heavy atom. The second-order valence-electron chi connectivity index (χ2n) is 6.64. The molecule has 0 radical (unpaired) electrons. The third-order valence-electron chi connectivity index (χ3n) is 4.54. The van der Waals surface area contributed by atoms with Gasteiger partial charge < -0.3 is 10.0 Å². The quantitative estimate of drug-likeness (QED) is 0.342. The average Bonchev–Trinajstić information content (AvgIpc) is 2.99. The molecule has 0 aliphatic carbocycles. The summed E-state index contributed by atoms with van der Waals surface area (Å²) < 4.78 is 0. The molecule has 0 aromatic carbocycles. The molecule has 0 fully saturated rings. The highest BCUT2D eigenvalue weighted by Crippen LogP contribution is 2.13. The zero-order valence-corrected chi connectivity index (χ0v) is 15.3. The standard InChI is InChI=1S/C20H38N2O/c1-2-3-4-5-6-7-8-9-10-11-12-13-14-15-20-21-16-17-22(20)18-19-23/h4-5,23H,2-3,6-19H2,1H3/b5-4+. The number of β-amino-alcohol motifs (C(OH)–C–C–N with tert-alkyl or cyclic N) is 1. The van der Waals surface area contributed by atoms with Gasteiger partial charge in [0.05, 0.1) is 19.0 Å². The van der Waals surface area contributed by atoms with Crippen LogP contribution in [0.2, 0.25) is 0 Å². The minimum atomic E-state index is 0.243. The molecule has 3 nitrogen and oxygen atoms in total. The Balaban J connectivity index is 1.83. The first-order valence-electron chi connectivity index (χ1n) is 9.92. The van der Waals surface area contributed by atoms with Crippen LogP contribution in [0.25, 0.3) is 0 Å². The Bertz CT molecular complexity index is 326. The average molecular weight is 323 g/mol. The number of rotatable bonds is 15. The fraction of sp³-hybridized carbons (Fsp3) is 0.850. The van der Waals surface area contributed by atoms with Crippen LogP contribution in [-0.2, 0) is 0 Å². The van der Waals surface area contributed by atoms with Crippen molar-refractivity contribution in [2.24, 2.45) is 4.99 Å². The topological polar surface area (TPSA) is 35.8 Å². The Kier molecular flexibility index (Phi) is 13.0. The first-order valence-corrected chi connectivity index (χ1v) is 9.92. The highest BCUT2D eigenvalue weighted by molar-refractivity contribution is 5.83. The molecule has 1 aliphatic rings. The molecular formula is C20H38N2O. The maximum absolute atomic E-state index is 9.03. The summed E-state index contributed by atoms with van der Waals surface area (Å²) in [7, 11) is 0.